The average Bonchev–Trinajstić information content (AvgIpc) is 3.19. The van der Waals surface area contributed by atoms with Gasteiger partial charge in [-0.1, -0.05) is 35.9 Å². The van der Waals surface area contributed by atoms with E-state index in [0.29, 0.717) is 28.0 Å². The molecule has 0 radical (unpaired) electrons. The first-order valence-electron chi connectivity index (χ1n) is 9.20. The molecule has 2 aromatic carbocycles. The molecular formula is C21H16ClNO5S. The Bertz CT molecular complexity index is 1330. The molecule has 0 unspecified atom stereocenters. The lowest BCUT2D eigenvalue weighted by Gasteiger charge is -2.30. The molecular weight excluding hydrogens is 414 g/mol. The van der Waals surface area contributed by atoms with Gasteiger partial charge in [0.15, 0.2) is 15.3 Å². The monoisotopic (exact) mass is 429 g/mol. The van der Waals surface area contributed by atoms with Crippen LogP contribution in [0.15, 0.2) is 57.7 Å². The van der Waals surface area contributed by atoms with E-state index in [1.807, 2.05) is 0 Å². The van der Waals surface area contributed by atoms with Gasteiger partial charge < -0.3 is 9.32 Å². The van der Waals surface area contributed by atoms with E-state index in [9.17, 15) is 18.0 Å². The zero-order chi connectivity index (χ0) is 20.3. The van der Waals surface area contributed by atoms with E-state index in [-0.39, 0.29) is 28.3 Å². The maximum absolute atomic E-state index is 13.3. The summed E-state index contributed by atoms with van der Waals surface area (Å²) in [4.78, 5) is 28.1. The van der Waals surface area contributed by atoms with Crippen molar-refractivity contribution in [3.63, 3.8) is 0 Å². The number of sulfone groups is 1. The Hall–Kier alpha value is -2.64. The molecule has 148 valence electrons. The lowest BCUT2D eigenvalue weighted by molar-refractivity contribution is 0.0662. The maximum Gasteiger partial charge on any atom is 0.291 e. The summed E-state index contributed by atoms with van der Waals surface area (Å²) in [7, 11) is -3.23. The van der Waals surface area contributed by atoms with E-state index in [4.69, 9.17) is 16.0 Å². The van der Waals surface area contributed by atoms with Crippen molar-refractivity contribution < 1.29 is 17.6 Å². The normalized spacial score (nSPS) is 22.9. The van der Waals surface area contributed by atoms with Gasteiger partial charge in [0.25, 0.3) is 5.91 Å². The van der Waals surface area contributed by atoms with E-state index >= 15 is 0 Å². The molecule has 0 bridgehead atoms. The predicted octanol–water partition coefficient (Wildman–Crippen LogP) is 3.18. The molecule has 1 fully saturated rings. The van der Waals surface area contributed by atoms with Crippen molar-refractivity contribution >= 4 is 38.3 Å². The Kier molecular flexibility index (Phi) is 4.08. The van der Waals surface area contributed by atoms with Gasteiger partial charge in [-0.05, 0) is 36.2 Å². The zero-order valence-electron chi connectivity index (χ0n) is 15.2. The smallest absolute Gasteiger partial charge is 0.291 e. The van der Waals surface area contributed by atoms with Gasteiger partial charge in [-0.2, -0.15) is 0 Å². The number of hydrogen-bond acceptors (Lipinski definition) is 5. The fourth-order valence-electron chi connectivity index (χ4n) is 4.31. The first kappa shape index (κ1) is 18.4. The maximum atomic E-state index is 13.3. The quantitative estimate of drug-likeness (QED) is 0.624. The van der Waals surface area contributed by atoms with Crippen LogP contribution in [0, 0.1) is 0 Å². The summed E-state index contributed by atoms with van der Waals surface area (Å²) in [6, 6.07) is 12.4. The summed E-state index contributed by atoms with van der Waals surface area (Å²) >= 11 is 6.17. The molecule has 0 aliphatic carbocycles. The SMILES string of the molecule is O=C1c2oc3ccccc3c(=O)c2[C@@H](c2cccc(Cl)c2)N1[C@H]1CCS(=O)(=O)C1. The topological polar surface area (TPSA) is 84.7 Å². The first-order valence-corrected chi connectivity index (χ1v) is 11.4. The Labute approximate surface area is 171 Å². The van der Waals surface area contributed by atoms with Crippen LogP contribution in [0.25, 0.3) is 11.0 Å². The van der Waals surface area contributed by atoms with E-state index in [0.717, 1.165) is 0 Å². The van der Waals surface area contributed by atoms with Crippen molar-refractivity contribution in [3.05, 3.63) is 80.7 Å². The van der Waals surface area contributed by atoms with Crippen LogP contribution < -0.4 is 5.43 Å². The summed E-state index contributed by atoms with van der Waals surface area (Å²) in [5.41, 5.74) is 0.926. The van der Waals surface area contributed by atoms with Crippen LogP contribution in [-0.4, -0.2) is 36.8 Å². The summed E-state index contributed by atoms with van der Waals surface area (Å²) in [5.74, 6) is -0.598. The molecule has 3 aromatic rings. The highest BCUT2D eigenvalue weighted by atomic mass is 35.5. The zero-order valence-corrected chi connectivity index (χ0v) is 16.7. The number of carbonyl (C=O) groups excluding carboxylic acids is 1. The van der Waals surface area contributed by atoms with Gasteiger partial charge >= 0.3 is 0 Å². The standard InChI is InChI=1S/C21H16ClNO5S/c22-13-5-3-4-12(10-13)18-17-19(24)15-6-1-2-7-16(15)28-20(17)21(25)23(18)14-8-9-29(26,27)11-14/h1-7,10,14,18H,8-9,11H2/t14-,18+/m0/s1. The second kappa shape index (κ2) is 6.43. The van der Waals surface area contributed by atoms with Crippen LogP contribution >= 0.6 is 11.6 Å². The number of amides is 1. The van der Waals surface area contributed by atoms with Crippen LogP contribution in [0.5, 0.6) is 0 Å². The molecule has 5 rings (SSSR count). The highest BCUT2D eigenvalue weighted by Crippen LogP contribution is 2.41. The van der Waals surface area contributed by atoms with Crippen molar-refractivity contribution in [2.24, 2.45) is 0 Å². The number of hydrogen-bond donors (Lipinski definition) is 0. The first-order chi connectivity index (χ1) is 13.9. The molecule has 1 aromatic heterocycles. The van der Waals surface area contributed by atoms with Gasteiger partial charge in [-0.15, -0.1) is 0 Å². The summed E-state index contributed by atoms with van der Waals surface area (Å²) in [6.45, 7) is 0. The summed E-state index contributed by atoms with van der Waals surface area (Å²) in [5, 5.41) is 0.847. The van der Waals surface area contributed by atoms with Crippen LogP contribution in [0.1, 0.15) is 34.1 Å². The Morgan fingerprint density at radius 3 is 2.59 bits per heavy atom. The van der Waals surface area contributed by atoms with Crippen LogP contribution in [0.2, 0.25) is 5.02 Å². The number of nitrogens with zero attached hydrogens (tertiary/aromatic N) is 1. The third kappa shape index (κ3) is 2.88. The molecule has 8 heteroatoms. The van der Waals surface area contributed by atoms with Gasteiger partial charge in [0, 0.05) is 11.1 Å². The molecule has 0 saturated carbocycles. The Balaban J connectivity index is 1.77. The van der Waals surface area contributed by atoms with E-state index in [2.05, 4.69) is 0 Å². The second-order valence-corrected chi connectivity index (χ2v) is 10.1. The van der Waals surface area contributed by atoms with Crippen molar-refractivity contribution in [3.8, 4) is 0 Å². The van der Waals surface area contributed by atoms with Crippen LogP contribution in [-0.2, 0) is 9.84 Å². The Morgan fingerprint density at radius 1 is 1.07 bits per heavy atom. The van der Waals surface area contributed by atoms with E-state index in [1.165, 1.54) is 4.90 Å². The van der Waals surface area contributed by atoms with E-state index in [1.54, 1.807) is 48.5 Å². The third-order valence-corrected chi connectivity index (χ3v) is 7.56. The van der Waals surface area contributed by atoms with Gasteiger partial charge in [0.2, 0.25) is 5.76 Å². The van der Waals surface area contributed by atoms with Crippen molar-refractivity contribution in [2.75, 3.05) is 11.5 Å². The molecule has 1 saturated heterocycles. The average molecular weight is 430 g/mol. The predicted molar refractivity (Wildman–Crippen MR) is 109 cm³/mol. The summed E-state index contributed by atoms with van der Waals surface area (Å²) < 4.78 is 30.0. The van der Waals surface area contributed by atoms with Crippen LogP contribution in [0.3, 0.4) is 0 Å². The fourth-order valence-corrected chi connectivity index (χ4v) is 6.22. The van der Waals surface area contributed by atoms with Gasteiger partial charge in [0.1, 0.15) is 5.58 Å². The molecule has 2 aliphatic heterocycles. The molecule has 2 atom stereocenters. The number of para-hydroxylation sites is 1. The fraction of sp³-hybridized carbons (Fsp3) is 0.238. The highest BCUT2D eigenvalue weighted by Gasteiger charge is 2.48. The molecule has 2 aliphatic rings. The molecule has 29 heavy (non-hydrogen) atoms. The summed E-state index contributed by atoms with van der Waals surface area (Å²) in [6.07, 6.45) is 0.326. The molecule has 0 spiro atoms. The lowest BCUT2D eigenvalue weighted by Crippen LogP contribution is -2.40. The molecule has 6 nitrogen and oxygen atoms in total. The van der Waals surface area contributed by atoms with E-state index < -0.39 is 27.8 Å². The molecule has 3 heterocycles. The van der Waals surface area contributed by atoms with Gasteiger partial charge in [-0.25, -0.2) is 8.42 Å². The molecule has 0 N–H and O–H groups in total. The number of halogens is 1. The number of rotatable bonds is 2. The lowest BCUT2D eigenvalue weighted by atomic mass is 9.97. The number of carbonyl (C=O) groups is 1. The minimum Gasteiger partial charge on any atom is -0.450 e. The third-order valence-electron chi connectivity index (χ3n) is 5.58. The van der Waals surface area contributed by atoms with Crippen molar-refractivity contribution in [2.45, 2.75) is 18.5 Å². The van der Waals surface area contributed by atoms with Crippen LogP contribution in [0.4, 0.5) is 0 Å². The van der Waals surface area contributed by atoms with Gasteiger partial charge in [0.05, 0.1) is 28.5 Å². The van der Waals surface area contributed by atoms with Crippen molar-refractivity contribution in [1.82, 2.24) is 4.90 Å². The van der Waals surface area contributed by atoms with Crippen molar-refractivity contribution in [1.29, 1.82) is 0 Å². The number of fused-ring (bicyclic) bond motifs is 2. The minimum absolute atomic E-state index is 0.0173. The molecule has 1 amide bonds. The van der Waals surface area contributed by atoms with Gasteiger partial charge in [-0.3, -0.25) is 9.59 Å². The second-order valence-electron chi connectivity index (χ2n) is 7.40. The minimum atomic E-state index is -3.23. The highest BCUT2D eigenvalue weighted by molar-refractivity contribution is 7.91. The largest absolute Gasteiger partial charge is 0.450 e. The Morgan fingerprint density at radius 2 is 1.86 bits per heavy atom. The number of benzene rings is 2.